The van der Waals surface area contributed by atoms with Gasteiger partial charge in [0.1, 0.15) is 0 Å². The third-order valence-electron chi connectivity index (χ3n) is 2.88. The van der Waals surface area contributed by atoms with Gasteiger partial charge in [-0.15, -0.1) is 0 Å². The maximum Gasteiger partial charge on any atom is 0.304 e. The molecule has 1 aliphatic carbocycles. The van der Waals surface area contributed by atoms with Gasteiger partial charge in [0.15, 0.2) is 0 Å². The SMILES string of the molecule is CCCC(CC(=O)O)NC1CCCC1. The van der Waals surface area contributed by atoms with Gasteiger partial charge in [-0.1, -0.05) is 26.2 Å². The van der Waals surface area contributed by atoms with E-state index >= 15 is 0 Å². The van der Waals surface area contributed by atoms with Crippen LogP contribution in [0, 0.1) is 0 Å². The van der Waals surface area contributed by atoms with E-state index in [4.69, 9.17) is 5.11 Å². The molecule has 1 unspecified atom stereocenters. The monoisotopic (exact) mass is 199 g/mol. The second-order valence-electron chi connectivity index (χ2n) is 4.23. The fourth-order valence-electron chi connectivity index (χ4n) is 2.23. The average molecular weight is 199 g/mol. The fraction of sp³-hybridized carbons (Fsp3) is 0.909. The molecule has 0 radical (unpaired) electrons. The van der Waals surface area contributed by atoms with Crippen LogP contribution in [0.2, 0.25) is 0 Å². The summed E-state index contributed by atoms with van der Waals surface area (Å²) in [5, 5.41) is 12.2. The number of carboxylic acids is 1. The molecule has 1 saturated carbocycles. The third kappa shape index (κ3) is 4.09. The van der Waals surface area contributed by atoms with E-state index in [-0.39, 0.29) is 12.5 Å². The summed E-state index contributed by atoms with van der Waals surface area (Å²) in [5.41, 5.74) is 0. The fourth-order valence-corrected chi connectivity index (χ4v) is 2.23. The molecule has 3 heteroatoms. The van der Waals surface area contributed by atoms with Gasteiger partial charge in [-0.2, -0.15) is 0 Å². The van der Waals surface area contributed by atoms with Crippen LogP contribution in [-0.4, -0.2) is 23.2 Å². The van der Waals surface area contributed by atoms with Crippen molar-refractivity contribution < 1.29 is 9.90 Å². The van der Waals surface area contributed by atoms with E-state index in [0.29, 0.717) is 6.04 Å². The summed E-state index contributed by atoms with van der Waals surface area (Å²) < 4.78 is 0. The normalized spacial score (nSPS) is 19.8. The number of hydrogen-bond acceptors (Lipinski definition) is 2. The van der Waals surface area contributed by atoms with Gasteiger partial charge in [0.25, 0.3) is 0 Å². The van der Waals surface area contributed by atoms with Crippen LogP contribution in [0.4, 0.5) is 0 Å². The highest BCUT2D eigenvalue weighted by Crippen LogP contribution is 2.19. The zero-order valence-electron chi connectivity index (χ0n) is 8.96. The quantitative estimate of drug-likeness (QED) is 0.689. The predicted octanol–water partition coefficient (Wildman–Crippen LogP) is 2.16. The molecule has 0 bridgehead atoms. The van der Waals surface area contributed by atoms with Gasteiger partial charge in [-0.25, -0.2) is 0 Å². The molecule has 82 valence electrons. The van der Waals surface area contributed by atoms with Crippen LogP contribution in [0.3, 0.4) is 0 Å². The van der Waals surface area contributed by atoms with Crippen molar-refractivity contribution in [2.75, 3.05) is 0 Å². The minimum atomic E-state index is -0.686. The van der Waals surface area contributed by atoms with Crippen molar-refractivity contribution in [1.29, 1.82) is 0 Å². The van der Waals surface area contributed by atoms with Crippen molar-refractivity contribution in [3.8, 4) is 0 Å². The highest BCUT2D eigenvalue weighted by atomic mass is 16.4. The highest BCUT2D eigenvalue weighted by Gasteiger charge is 2.20. The minimum Gasteiger partial charge on any atom is -0.481 e. The van der Waals surface area contributed by atoms with Crippen molar-refractivity contribution in [2.24, 2.45) is 0 Å². The molecule has 0 heterocycles. The molecule has 1 atom stereocenters. The van der Waals surface area contributed by atoms with Crippen LogP contribution < -0.4 is 5.32 Å². The molecular weight excluding hydrogens is 178 g/mol. The van der Waals surface area contributed by atoms with Crippen molar-refractivity contribution in [2.45, 2.75) is 64.0 Å². The first kappa shape index (κ1) is 11.5. The maximum absolute atomic E-state index is 10.6. The van der Waals surface area contributed by atoms with E-state index in [9.17, 15) is 4.79 Å². The molecule has 0 aliphatic heterocycles. The lowest BCUT2D eigenvalue weighted by Gasteiger charge is -2.20. The Bertz CT molecular complexity index is 176. The van der Waals surface area contributed by atoms with Gasteiger partial charge in [-0.3, -0.25) is 4.79 Å². The third-order valence-corrected chi connectivity index (χ3v) is 2.88. The van der Waals surface area contributed by atoms with Crippen LogP contribution in [-0.2, 0) is 4.79 Å². The second kappa shape index (κ2) is 6.02. The van der Waals surface area contributed by atoms with Crippen LogP contribution in [0.5, 0.6) is 0 Å². The topological polar surface area (TPSA) is 49.3 Å². The number of rotatable bonds is 6. The van der Waals surface area contributed by atoms with Crippen LogP contribution in [0.1, 0.15) is 51.9 Å². The summed E-state index contributed by atoms with van der Waals surface area (Å²) in [7, 11) is 0. The summed E-state index contributed by atoms with van der Waals surface area (Å²) in [6, 6.07) is 0.756. The second-order valence-corrected chi connectivity index (χ2v) is 4.23. The zero-order valence-corrected chi connectivity index (χ0v) is 8.96. The first-order valence-corrected chi connectivity index (χ1v) is 5.70. The zero-order chi connectivity index (χ0) is 10.4. The molecule has 0 aromatic rings. The van der Waals surface area contributed by atoms with Gasteiger partial charge in [0, 0.05) is 12.1 Å². The Hall–Kier alpha value is -0.570. The minimum absolute atomic E-state index is 0.181. The number of carboxylic acid groups (broad SMARTS) is 1. The van der Waals surface area contributed by atoms with Crippen LogP contribution in [0.25, 0.3) is 0 Å². The van der Waals surface area contributed by atoms with Crippen molar-refractivity contribution in [1.82, 2.24) is 5.32 Å². The van der Waals surface area contributed by atoms with Crippen LogP contribution in [0.15, 0.2) is 0 Å². The number of nitrogens with one attached hydrogen (secondary N) is 1. The first-order chi connectivity index (χ1) is 6.72. The lowest BCUT2D eigenvalue weighted by Crippen LogP contribution is -2.38. The van der Waals surface area contributed by atoms with E-state index in [1.165, 1.54) is 25.7 Å². The van der Waals surface area contributed by atoms with Crippen molar-refractivity contribution in [3.63, 3.8) is 0 Å². The molecule has 2 N–H and O–H groups in total. The molecule has 0 saturated heterocycles. The first-order valence-electron chi connectivity index (χ1n) is 5.70. The predicted molar refractivity (Wildman–Crippen MR) is 56.3 cm³/mol. The Labute approximate surface area is 85.9 Å². The Morgan fingerprint density at radius 3 is 2.64 bits per heavy atom. The summed E-state index contributed by atoms with van der Waals surface area (Å²) in [5.74, 6) is -0.686. The van der Waals surface area contributed by atoms with E-state index < -0.39 is 5.97 Å². The lowest BCUT2D eigenvalue weighted by atomic mass is 10.1. The van der Waals surface area contributed by atoms with Crippen molar-refractivity contribution >= 4 is 5.97 Å². The molecular formula is C11H21NO2. The van der Waals surface area contributed by atoms with Gasteiger partial charge >= 0.3 is 5.97 Å². The summed E-state index contributed by atoms with van der Waals surface area (Å²) >= 11 is 0. The summed E-state index contributed by atoms with van der Waals surface area (Å²) in [6.07, 6.45) is 7.33. The number of carbonyl (C=O) groups is 1. The average Bonchev–Trinajstić information content (AvgIpc) is 2.56. The smallest absolute Gasteiger partial charge is 0.304 e. The van der Waals surface area contributed by atoms with E-state index in [1.807, 2.05) is 0 Å². The maximum atomic E-state index is 10.6. The molecule has 0 aromatic heterocycles. The van der Waals surface area contributed by atoms with E-state index in [0.717, 1.165) is 12.8 Å². The van der Waals surface area contributed by atoms with Gasteiger partial charge < -0.3 is 10.4 Å². The van der Waals surface area contributed by atoms with Gasteiger partial charge in [0.2, 0.25) is 0 Å². The molecule has 14 heavy (non-hydrogen) atoms. The molecule has 0 amide bonds. The Balaban J connectivity index is 2.29. The molecule has 1 rings (SSSR count). The Kier molecular flexibility index (Phi) is 4.94. The molecule has 3 nitrogen and oxygen atoms in total. The number of hydrogen-bond donors (Lipinski definition) is 2. The molecule has 0 spiro atoms. The number of aliphatic carboxylic acids is 1. The van der Waals surface area contributed by atoms with Gasteiger partial charge in [-0.05, 0) is 19.3 Å². The van der Waals surface area contributed by atoms with E-state index in [1.54, 1.807) is 0 Å². The molecule has 1 aliphatic rings. The van der Waals surface area contributed by atoms with Crippen molar-refractivity contribution in [3.05, 3.63) is 0 Å². The Morgan fingerprint density at radius 2 is 2.14 bits per heavy atom. The summed E-state index contributed by atoms with van der Waals surface area (Å²) in [6.45, 7) is 2.10. The molecule has 0 aromatic carbocycles. The lowest BCUT2D eigenvalue weighted by molar-refractivity contribution is -0.137. The molecule has 1 fully saturated rings. The Morgan fingerprint density at radius 1 is 1.50 bits per heavy atom. The van der Waals surface area contributed by atoms with Crippen LogP contribution >= 0.6 is 0 Å². The largest absolute Gasteiger partial charge is 0.481 e. The van der Waals surface area contributed by atoms with E-state index in [2.05, 4.69) is 12.2 Å². The summed E-state index contributed by atoms with van der Waals surface area (Å²) in [4.78, 5) is 10.6. The standard InChI is InChI=1S/C11H21NO2/c1-2-5-10(8-11(13)14)12-9-6-3-4-7-9/h9-10,12H,2-8H2,1H3,(H,13,14). The van der Waals surface area contributed by atoms with Gasteiger partial charge in [0.05, 0.1) is 6.42 Å². The highest BCUT2D eigenvalue weighted by molar-refractivity contribution is 5.67.